The van der Waals surface area contributed by atoms with E-state index in [-0.39, 0.29) is 5.69 Å². The Hall–Kier alpha value is -1.43. The summed E-state index contributed by atoms with van der Waals surface area (Å²) < 4.78 is 0.400. The molecule has 2 N–H and O–H groups in total. The maximum Gasteiger partial charge on any atom is 0.284 e. The van der Waals surface area contributed by atoms with Crippen LogP contribution in [0.3, 0.4) is 0 Å². The number of hydrogen-bond acceptors (Lipinski definition) is 4. The van der Waals surface area contributed by atoms with Gasteiger partial charge in [0.1, 0.15) is 0 Å². The largest absolute Gasteiger partial charge is 0.388 e. The Morgan fingerprint density at radius 1 is 1.64 bits per heavy atom. The van der Waals surface area contributed by atoms with E-state index in [1.54, 1.807) is 13.1 Å². The number of benzene rings is 1. The van der Waals surface area contributed by atoms with E-state index >= 15 is 0 Å². The number of halogens is 1. The van der Waals surface area contributed by atoms with E-state index < -0.39 is 4.92 Å². The van der Waals surface area contributed by atoms with Gasteiger partial charge in [0.15, 0.2) is 0 Å². The maximum absolute atomic E-state index is 10.6. The molecule has 5 nitrogen and oxygen atoms in total. The summed E-state index contributed by atoms with van der Waals surface area (Å²) in [5.41, 5.74) is 1.13. The smallest absolute Gasteiger partial charge is 0.284 e. The van der Waals surface area contributed by atoms with Gasteiger partial charge in [0.25, 0.3) is 5.69 Å². The third-order valence-corrected chi connectivity index (χ3v) is 2.38. The van der Waals surface area contributed by atoms with Gasteiger partial charge >= 0.3 is 0 Å². The molecule has 0 bridgehead atoms. The molecular formula is C8H8BrN3O2. The van der Waals surface area contributed by atoms with Crippen molar-refractivity contribution in [2.75, 3.05) is 12.4 Å². The molecule has 1 aromatic rings. The zero-order valence-electron chi connectivity index (χ0n) is 7.37. The normalized spacial score (nSPS) is 9.57. The molecule has 0 aromatic heterocycles. The molecule has 0 radical (unpaired) electrons. The highest BCUT2D eigenvalue weighted by molar-refractivity contribution is 9.10. The van der Waals surface area contributed by atoms with Crippen LogP contribution in [0.5, 0.6) is 0 Å². The van der Waals surface area contributed by atoms with Crippen LogP contribution in [0.4, 0.5) is 11.4 Å². The van der Waals surface area contributed by atoms with Gasteiger partial charge in [-0.2, -0.15) is 0 Å². The summed E-state index contributed by atoms with van der Waals surface area (Å²) in [6.45, 7) is 0. The molecule has 0 aliphatic rings. The van der Waals surface area contributed by atoms with Crippen LogP contribution in [0.2, 0.25) is 0 Å². The molecule has 0 saturated carbocycles. The average molecular weight is 258 g/mol. The van der Waals surface area contributed by atoms with E-state index in [1.807, 2.05) is 0 Å². The van der Waals surface area contributed by atoms with Crippen LogP contribution >= 0.6 is 15.9 Å². The van der Waals surface area contributed by atoms with E-state index in [0.717, 1.165) is 6.21 Å². The average Bonchev–Trinajstić information content (AvgIpc) is 2.16. The van der Waals surface area contributed by atoms with E-state index in [4.69, 9.17) is 5.41 Å². The monoisotopic (exact) mass is 257 g/mol. The van der Waals surface area contributed by atoms with Gasteiger partial charge in [-0.25, -0.2) is 0 Å². The molecule has 0 atom stereocenters. The first kappa shape index (κ1) is 10.6. The van der Waals surface area contributed by atoms with Crippen molar-refractivity contribution in [3.05, 3.63) is 32.3 Å². The number of anilines is 1. The molecule has 0 saturated heterocycles. The predicted octanol–water partition coefficient (Wildman–Crippen LogP) is 2.40. The quantitative estimate of drug-likeness (QED) is 0.496. The van der Waals surface area contributed by atoms with Crippen molar-refractivity contribution < 1.29 is 4.92 Å². The standard InChI is InChI=1S/C8H8BrN3O2/c1-11-7-3-6(9)8(12(13)14)2-5(7)4-10/h2-4,10-11H,1H3. The van der Waals surface area contributed by atoms with Crippen molar-refractivity contribution in [1.82, 2.24) is 0 Å². The summed E-state index contributed by atoms with van der Waals surface area (Å²) in [6, 6.07) is 2.93. The molecule has 0 spiro atoms. The minimum atomic E-state index is -0.490. The van der Waals surface area contributed by atoms with Crippen LogP contribution in [-0.4, -0.2) is 18.2 Å². The van der Waals surface area contributed by atoms with E-state index in [0.29, 0.717) is 15.7 Å². The summed E-state index contributed by atoms with van der Waals surface area (Å²) in [5, 5.41) is 20.5. The molecular weight excluding hydrogens is 250 g/mol. The Morgan fingerprint density at radius 3 is 2.71 bits per heavy atom. The van der Waals surface area contributed by atoms with Crippen molar-refractivity contribution in [3.63, 3.8) is 0 Å². The predicted molar refractivity (Wildman–Crippen MR) is 58.2 cm³/mol. The second kappa shape index (κ2) is 4.19. The fourth-order valence-electron chi connectivity index (χ4n) is 1.05. The third kappa shape index (κ3) is 1.90. The van der Waals surface area contributed by atoms with Gasteiger partial charge in [0.05, 0.1) is 9.40 Å². The Balaban J connectivity index is 3.37. The first-order valence-electron chi connectivity index (χ1n) is 3.76. The van der Waals surface area contributed by atoms with Gasteiger partial charge in [0, 0.05) is 30.6 Å². The van der Waals surface area contributed by atoms with Crippen LogP contribution in [0.1, 0.15) is 5.56 Å². The van der Waals surface area contributed by atoms with Crippen molar-refractivity contribution in [3.8, 4) is 0 Å². The second-order valence-electron chi connectivity index (χ2n) is 2.54. The molecule has 74 valence electrons. The van der Waals surface area contributed by atoms with Crippen LogP contribution in [-0.2, 0) is 0 Å². The zero-order chi connectivity index (χ0) is 10.7. The lowest BCUT2D eigenvalue weighted by Gasteiger charge is -2.05. The van der Waals surface area contributed by atoms with Gasteiger partial charge in [-0.15, -0.1) is 0 Å². The number of nitrogens with zero attached hydrogens (tertiary/aromatic N) is 1. The van der Waals surface area contributed by atoms with E-state index in [2.05, 4.69) is 21.2 Å². The first-order chi connectivity index (χ1) is 6.60. The van der Waals surface area contributed by atoms with Crippen LogP contribution < -0.4 is 5.32 Å². The minimum Gasteiger partial charge on any atom is -0.388 e. The molecule has 1 rings (SSSR count). The lowest BCUT2D eigenvalue weighted by molar-refractivity contribution is -0.385. The van der Waals surface area contributed by atoms with Crippen molar-refractivity contribution >= 4 is 33.5 Å². The Bertz CT molecular complexity index is 392. The number of nitro benzene ring substituents is 1. The van der Waals surface area contributed by atoms with Crippen molar-refractivity contribution in [2.45, 2.75) is 0 Å². The highest BCUT2D eigenvalue weighted by Gasteiger charge is 2.14. The molecule has 6 heteroatoms. The van der Waals surface area contributed by atoms with Gasteiger partial charge in [-0.3, -0.25) is 10.1 Å². The fourth-order valence-corrected chi connectivity index (χ4v) is 1.54. The summed E-state index contributed by atoms with van der Waals surface area (Å²) in [6.07, 6.45) is 1.07. The van der Waals surface area contributed by atoms with Crippen LogP contribution in [0.25, 0.3) is 0 Å². The number of nitrogens with one attached hydrogen (secondary N) is 2. The van der Waals surface area contributed by atoms with Crippen molar-refractivity contribution in [2.24, 2.45) is 0 Å². The molecule has 0 unspecified atom stereocenters. The summed E-state index contributed by atoms with van der Waals surface area (Å²) in [7, 11) is 1.70. The third-order valence-electron chi connectivity index (χ3n) is 1.74. The first-order valence-corrected chi connectivity index (χ1v) is 4.55. The van der Waals surface area contributed by atoms with Crippen LogP contribution in [0.15, 0.2) is 16.6 Å². The van der Waals surface area contributed by atoms with Crippen molar-refractivity contribution in [1.29, 1.82) is 5.41 Å². The SMILES string of the molecule is CNc1cc(Br)c([N+](=O)[O-])cc1C=N. The summed E-state index contributed by atoms with van der Waals surface area (Å²) >= 11 is 3.10. The molecule has 0 aliphatic carbocycles. The van der Waals surface area contributed by atoms with E-state index in [9.17, 15) is 10.1 Å². The second-order valence-corrected chi connectivity index (χ2v) is 3.40. The zero-order valence-corrected chi connectivity index (χ0v) is 8.96. The summed E-state index contributed by atoms with van der Waals surface area (Å²) in [5.74, 6) is 0. The van der Waals surface area contributed by atoms with Gasteiger partial charge < -0.3 is 10.7 Å². The minimum absolute atomic E-state index is 0.0394. The topological polar surface area (TPSA) is 79.0 Å². The number of hydrogen-bond donors (Lipinski definition) is 2. The Morgan fingerprint density at radius 2 is 2.29 bits per heavy atom. The summed E-state index contributed by atoms with van der Waals surface area (Å²) in [4.78, 5) is 10.1. The van der Waals surface area contributed by atoms with Gasteiger partial charge in [-0.1, -0.05) is 0 Å². The molecule has 0 heterocycles. The number of rotatable bonds is 3. The molecule has 0 aliphatic heterocycles. The van der Waals surface area contributed by atoms with Gasteiger partial charge in [-0.05, 0) is 22.0 Å². The van der Waals surface area contributed by atoms with Crippen LogP contribution in [0, 0.1) is 15.5 Å². The van der Waals surface area contributed by atoms with Gasteiger partial charge in [0.2, 0.25) is 0 Å². The number of nitro groups is 1. The Labute approximate surface area is 88.9 Å². The molecule has 0 amide bonds. The fraction of sp³-hybridized carbons (Fsp3) is 0.125. The molecule has 0 fully saturated rings. The van der Waals surface area contributed by atoms with E-state index in [1.165, 1.54) is 6.07 Å². The highest BCUT2D eigenvalue weighted by Crippen LogP contribution is 2.30. The lowest BCUT2D eigenvalue weighted by atomic mass is 10.1. The Kier molecular flexibility index (Phi) is 3.19. The molecule has 1 aromatic carbocycles. The molecule has 14 heavy (non-hydrogen) atoms. The highest BCUT2D eigenvalue weighted by atomic mass is 79.9. The lowest BCUT2D eigenvalue weighted by Crippen LogP contribution is -1.97. The maximum atomic E-state index is 10.6.